The number of rotatable bonds is 4. The van der Waals surface area contributed by atoms with Crippen LogP contribution in [-0.4, -0.2) is 4.57 Å². The first-order valence-electron chi connectivity index (χ1n) is 18.2. The zero-order valence-corrected chi connectivity index (χ0v) is 29.6. The monoisotopic (exact) mass is 663 g/mol. The molecule has 0 N–H and O–H groups in total. The molecule has 0 saturated heterocycles. The summed E-state index contributed by atoms with van der Waals surface area (Å²) >= 11 is 0. The summed E-state index contributed by atoms with van der Waals surface area (Å²) in [5.74, 6) is 0. The van der Waals surface area contributed by atoms with Gasteiger partial charge in [0.1, 0.15) is 0 Å². The van der Waals surface area contributed by atoms with E-state index in [0.717, 1.165) is 0 Å². The highest BCUT2D eigenvalue weighted by atomic mass is 15.0. The van der Waals surface area contributed by atoms with Gasteiger partial charge in [-0.1, -0.05) is 127 Å². The Bertz CT molecular complexity index is 3030. The quantitative estimate of drug-likeness (QED) is 0.165. The van der Waals surface area contributed by atoms with Crippen molar-refractivity contribution in [3.8, 4) is 39.1 Å². The van der Waals surface area contributed by atoms with Crippen LogP contribution >= 0.6 is 0 Å². The van der Waals surface area contributed by atoms with E-state index in [2.05, 4.69) is 195 Å². The van der Waals surface area contributed by atoms with Crippen molar-refractivity contribution in [1.29, 1.82) is 0 Å². The van der Waals surface area contributed by atoms with Gasteiger partial charge in [-0.3, -0.25) is 0 Å². The molecule has 52 heavy (non-hydrogen) atoms. The molecule has 0 saturated carbocycles. The molecule has 0 aliphatic rings. The summed E-state index contributed by atoms with van der Waals surface area (Å²) in [7, 11) is 0. The van der Waals surface area contributed by atoms with Crippen molar-refractivity contribution in [3.63, 3.8) is 0 Å². The van der Waals surface area contributed by atoms with Crippen LogP contribution in [0.15, 0.2) is 170 Å². The average molecular weight is 664 g/mol. The zero-order valence-electron chi connectivity index (χ0n) is 29.6. The second kappa shape index (κ2) is 11.8. The van der Waals surface area contributed by atoms with E-state index in [-0.39, 0.29) is 0 Å². The molecule has 1 nitrogen and oxygen atoms in total. The summed E-state index contributed by atoms with van der Waals surface area (Å²) in [4.78, 5) is 0. The minimum atomic E-state index is 1.18. The van der Waals surface area contributed by atoms with E-state index in [1.807, 2.05) is 0 Å². The van der Waals surface area contributed by atoms with E-state index in [1.54, 1.807) is 0 Å². The molecule has 0 atom stereocenters. The maximum Gasteiger partial charge on any atom is 0.0541 e. The molecule has 9 aromatic carbocycles. The third kappa shape index (κ3) is 4.77. The minimum absolute atomic E-state index is 1.18. The molecule has 0 aliphatic carbocycles. The second-order valence-electron chi connectivity index (χ2n) is 14.3. The Hall–Kier alpha value is -6.44. The molecule has 0 fully saturated rings. The van der Waals surface area contributed by atoms with Crippen LogP contribution in [0.3, 0.4) is 0 Å². The van der Waals surface area contributed by atoms with E-state index in [4.69, 9.17) is 0 Å². The number of para-hydroxylation sites is 2. The van der Waals surface area contributed by atoms with Crippen molar-refractivity contribution in [1.82, 2.24) is 4.57 Å². The van der Waals surface area contributed by atoms with Crippen LogP contribution in [0.25, 0.3) is 93.2 Å². The fourth-order valence-electron chi connectivity index (χ4n) is 8.62. The zero-order chi connectivity index (χ0) is 34.9. The topological polar surface area (TPSA) is 4.93 Å². The van der Waals surface area contributed by atoms with Crippen LogP contribution in [0, 0.1) is 20.8 Å². The fraction of sp³-hybridized carbons (Fsp3) is 0.0588. The normalized spacial score (nSPS) is 11.8. The number of hydrogen-bond acceptors (Lipinski definition) is 0. The van der Waals surface area contributed by atoms with Gasteiger partial charge in [-0.25, -0.2) is 0 Å². The molecule has 10 rings (SSSR count). The van der Waals surface area contributed by atoms with Crippen LogP contribution in [0.2, 0.25) is 0 Å². The van der Waals surface area contributed by atoms with E-state index in [9.17, 15) is 0 Å². The highest BCUT2D eigenvalue weighted by Crippen LogP contribution is 2.41. The molecule has 1 heterocycles. The molecule has 0 spiro atoms. The number of fused-ring (bicyclic) bond motifs is 9. The molecule has 1 aromatic heterocycles. The third-order valence-electron chi connectivity index (χ3n) is 11.0. The molecule has 10 aromatic rings. The lowest BCUT2D eigenvalue weighted by Gasteiger charge is -2.16. The standard InChI is InChI=1S/C51H37N/c1-32-25-37(29-38(26-32)36-22-24-51-49(30-36)45-19-11-12-20-50(45)52(51)39-13-5-4-6-14-39)35-21-23-40(33(2)27-35)46-31-48-44-18-10-8-16-42(44)41-15-7-9-17-43(41)47(48)28-34(46)3/h4-31H,1-3H3. The van der Waals surface area contributed by atoms with Gasteiger partial charge in [0.15, 0.2) is 0 Å². The van der Waals surface area contributed by atoms with Gasteiger partial charge in [-0.15, -0.1) is 0 Å². The Balaban J connectivity index is 1.07. The predicted octanol–water partition coefficient (Wildman–Crippen LogP) is 14.2. The van der Waals surface area contributed by atoms with Gasteiger partial charge in [0.2, 0.25) is 0 Å². The fourth-order valence-corrected chi connectivity index (χ4v) is 8.62. The summed E-state index contributed by atoms with van der Waals surface area (Å²) in [5, 5.41) is 10.4. The molecular weight excluding hydrogens is 627 g/mol. The van der Waals surface area contributed by atoms with Gasteiger partial charge in [0.05, 0.1) is 11.0 Å². The number of aryl methyl sites for hydroxylation is 3. The maximum absolute atomic E-state index is 2.43. The Morgan fingerprint density at radius 3 is 1.50 bits per heavy atom. The highest BCUT2D eigenvalue weighted by molar-refractivity contribution is 6.26. The number of hydrogen-bond donors (Lipinski definition) is 0. The van der Waals surface area contributed by atoms with Gasteiger partial charge in [0, 0.05) is 16.5 Å². The molecule has 0 aliphatic heterocycles. The van der Waals surface area contributed by atoms with Gasteiger partial charge < -0.3 is 4.57 Å². The molecule has 0 bridgehead atoms. The van der Waals surface area contributed by atoms with E-state index >= 15 is 0 Å². The molecule has 0 amide bonds. The summed E-state index contributed by atoms with van der Waals surface area (Å²) < 4.78 is 2.38. The summed E-state index contributed by atoms with van der Waals surface area (Å²) in [5.41, 5.74) is 15.0. The van der Waals surface area contributed by atoms with Crippen LogP contribution in [0.1, 0.15) is 16.7 Å². The number of aromatic nitrogens is 1. The largest absolute Gasteiger partial charge is 0.309 e. The first-order valence-corrected chi connectivity index (χ1v) is 18.2. The first kappa shape index (κ1) is 30.4. The molecule has 246 valence electrons. The SMILES string of the molecule is Cc1cc(-c2ccc(-c3cc4c5ccccc5c5ccccc5c4cc3C)c(C)c2)cc(-c2ccc3c(c2)c2ccccc2n3-c2ccccc2)c1. The number of benzene rings is 9. The van der Waals surface area contributed by atoms with Crippen LogP contribution in [0.5, 0.6) is 0 Å². The van der Waals surface area contributed by atoms with Crippen molar-refractivity contribution < 1.29 is 0 Å². The van der Waals surface area contributed by atoms with Crippen molar-refractivity contribution in [2.45, 2.75) is 20.8 Å². The van der Waals surface area contributed by atoms with Gasteiger partial charge >= 0.3 is 0 Å². The lowest BCUT2D eigenvalue weighted by molar-refractivity contribution is 1.18. The highest BCUT2D eigenvalue weighted by Gasteiger charge is 2.16. The summed E-state index contributed by atoms with van der Waals surface area (Å²) in [6.07, 6.45) is 0. The van der Waals surface area contributed by atoms with Crippen LogP contribution < -0.4 is 0 Å². The lowest BCUT2D eigenvalue weighted by Crippen LogP contribution is -1.93. The van der Waals surface area contributed by atoms with Crippen molar-refractivity contribution >= 4 is 54.1 Å². The van der Waals surface area contributed by atoms with Crippen LogP contribution in [-0.2, 0) is 0 Å². The molecule has 1 heteroatoms. The summed E-state index contributed by atoms with van der Waals surface area (Å²) in [6, 6.07) is 62.8. The van der Waals surface area contributed by atoms with E-state index in [0.29, 0.717) is 0 Å². The van der Waals surface area contributed by atoms with Gasteiger partial charge in [0.25, 0.3) is 0 Å². The van der Waals surface area contributed by atoms with Crippen LogP contribution in [0.4, 0.5) is 0 Å². The van der Waals surface area contributed by atoms with Crippen molar-refractivity contribution in [2.24, 2.45) is 0 Å². The molecule has 0 unspecified atom stereocenters. The maximum atomic E-state index is 2.43. The summed E-state index contributed by atoms with van der Waals surface area (Å²) in [6.45, 7) is 6.72. The van der Waals surface area contributed by atoms with E-state index in [1.165, 1.54) is 110 Å². The lowest BCUT2D eigenvalue weighted by atomic mass is 9.88. The van der Waals surface area contributed by atoms with Gasteiger partial charge in [-0.2, -0.15) is 0 Å². The first-order chi connectivity index (χ1) is 25.5. The minimum Gasteiger partial charge on any atom is -0.309 e. The van der Waals surface area contributed by atoms with Crippen molar-refractivity contribution in [3.05, 3.63) is 187 Å². The van der Waals surface area contributed by atoms with Crippen molar-refractivity contribution in [2.75, 3.05) is 0 Å². The van der Waals surface area contributed by atoms with Gasteiger partial charge in [-0.05, 0) is 146 Å². The predicted molar refractivity (Wildman–Crippen MR) is 224 cm³/mol. The Morgan fingerprint density at radius 2 is 0.827 bits per heavy atom. The second-order valence-corrected chi connectivity index (χ2v) is 14.3. The van der Waals surface area contributed by atoms with E-state index < -0.39 is 0 Å². The molecule has 0 radical (unpaired) electrons. The molecular formula is C51H37N. The average Bonchev–Trinajstić information content (AvgIpc) is 3.52. The number of nitrogens with zero attached hydrogens (tertiary/aromatic N) is 1. The smallest absolute Gasteiger partial charge is 0.0541 e. The Labute approximate surface area is 304 Å². The third-order valence-corrected chi connectivity index (χ3v) is 11.0. The Kier molecular flexibility index (Phi) is 6.91. The Morgan fingerprint density at radius 1 is 0.308 bits per heavy atom.